The molecule has 0 bridgehead atoms. The smallest absolute Gasteiger partial charge is 0.154 e. The molecule has 0 spiro atoms. The standard InChI is InChI=1S/C24H24N2/c1-4-24(2,26-23(25-3)20-14-9-6-10-15-20)22-17-11-16-21(18-22)19-12-7-5-8-13-19/h5-18H,3-4H2,1-2H3/b26-23-. The van der Waals surface area contributed by atoms with E-state index in [9.17, 15) is 0 Å². The SMILES string of the molecule is C=N/C(=N\C(C)(CC)c1cccc(-c2ccccc2)c1)c1ccccc1. The number of rotatable bonds is 5. The third-order valence-corrected chi connectivity index (χ3v) is 4.81. The molecule has 1 atom stereocenters. The first-order valence-corrected chi connectivity index (χ1v) is 8.94. The Morgan fingerprint density at radius 3 is 2.08 bits per heavy atom. The van der Waals surface area contributed by atoms with E-state index in [1.165, 1.54) is 16.7 Å². The fourth-order valence-electron chi connectivity index (χ4n) is 3.02. The molecule has 0 heterocycles. The summed E-state index contributed by atoms with van der Waals surface area (Å²) in [6.07, 6.45) is 0.872. The molecule has 0 aliphatic rings. The predicted molar refractivity (Wildman–Crippen MR) is 112 cm³/mol. The van der Waals surface area contributed by atoms with Gasteiger partial charge in [-0.05, 0) is 42.8 Å². The van der Waals surface area contributed by atoms with Gasteiger partial charge in [0.1, 0.15) is 0 Å². The van der Waals surface area contributed by atoms with E-state index in [2.05, 4.69) is 74.1 Å². The van der Waals surface area contributed by atoms with Gasteiger partial charge < -0.3 is 0 Å². The molecule has 0 saturated heterocycles. The van der Waals surface area contributed by atoms with E-state index in [1.807, 2.05) is 36.4 Å². The Bertz CT molecular complexity index is 898. The zero-order valence-corrected chi connectivity index (χ0v) is 15.4. The first-order chi connectivity index (χ1) is 12.7. The quantitative estimate of drug-likeness (QED) is 0.394. The highest BCUT2D eigenvalue weighted by Gasteiger charge is 2.25. The van der Waals surface area contributed by atoms with Crippen molar-refractivity contribution in [2.45, 2.75) is 25.8 Å². The van der Waals surface area contributed by atoms with Crippen LogP contribution in [0.5, 0.6) is 0 Å². The third kappa shape index (κ3) is 3.80. The van der Waals surface area contributed by atoms with Gasteiger partial charge >= 0.3 is 0 Å². The first-order valence-electron chi connectivity index (χ1n) is 8.94. The maximum absolute atomic E-state index is 5.01. The van der Waals surface area contributed by atoms with Crippen LogP contribution in [0.1, 0.15) is 31.4 Å². The Kier molecular flexibility index (Phi) is 5.43. The topological polar surface area (TPSA) is 24.7 Å². The highest BCUT2D eigenvalue weighted by Crippen LogP contribution is 2.33. The van der Waals surface area contributed by atoms with Gasteiger partial charge in [0.2, 0.25) is 0 Å². The Labute approximate surface area is 156 Å². The van der Waals surface area contributed by atoms with E-state index < -0.39 is 0 Å². The van der Waals surface area contributed by atoms with E-state index in [4.69, 9.17) is 4.99 Å². The average molecular weight is 340 g/mol. The lowest BCUT2D eigenvalue weighted by atomic mass is 9.87. The van der Waals surface area contributed by atoms with Gasteiger partial charge in [-0.3, -0.25) is 4.99 Å². The van der Waals surface area contributed by atoms with Crippen LogP contribution in [0.3, 0.4) is 0 Å². The number of nitrogens with zero attached hydrogens (tertiary/aromatic N) is 2. The number of hydrogen-bond acceptors (Lipinski definition) is 1. The van der Waals surface area contributed by atoms with Crippen molar-refractivity contribution in [3.63, 3.8) is 0 Å². The number of hydrogen-bond donors (Lipinski definition) is 0. The number of amidine groups is 1. The van der Waals surface area contributed by atoms with Crippen LogP contribution in [0.15, 0.2) is 94.9 Å². The van der Waals surface area contributed by atoms with Crippen molar-refractivity contribution in [1.82, 2.24) is 0 Å². The first kappa shape index (κ1) is 17.8. The van der Waals surface area contributed by atoms with Gasteiger partial charge in [-0.2, -0.15) is 0 Å². The maximum Gasteiger partial charge on any atom is 0.154 e. The largest absolute Gasteiger partial charge is 0.255 e. The Morgan fingerprint density at radius 2 is 1.46 bits per heavy atom. The molecule has 0 aromatic heterocycles. The molecule has 2 heteroatoms. The Balaban J connectivity index is 2.04. The highest BCUT2D eigenvalue weighted by atomic mass is 15.0. The van der Waals surface area contributed by atoms with Gasteiger partial charge in [0.05, 0.1) is 5.54 Å². The third-order valence-electron chi connectivity index (χ3n) is 4.81. The second kappa shape index (κ2) is 7.92. The van der Waals surface area contributed by atoms with E-state index >= 15 is 0 Å². The van der Waals surface area contributed by atoms with Crippen molar-refractivity contribution in [3.05, 3.63) is 96.1 Å². The number of benzene rings is 3. The van der Waals surface area contributed by atoms with Gasteiger partial charge in [0.15, 0.2) is 5.84 Å². The van der Waals surface area contributed by atoms with Crippen LogP contribution in [0, 0.1) is 0 Å². The molecular formula is C24H24N2. The second-order valence-corrected chi connectivity index (χ2v) is 6.53. The van der Waals surface area contributed by atoms with Crippen molar-refractivity contribution in [1.29, 1.82) is 0 Å². The van der Waals surface area contributed by atoms with Crippen molar-refractivity contribution in [2.24, 2.45) is 9.98 Å². The van der Waals surface area contributed by atoms with Crippen LogP contribution in [-0.4, -0.2) is 12.6 Å². The molecule has 1 unspecified atom stereocenters. The van der Waals surface area contributed by atoms with Gasteiger partial charge in [-0.25, -0.2) is 4.99 Å². The van der Waals surface area contributed by atoms with Gasteiger partial charge in [0.25, 0.3) is 0 Å². The molecule has 0 fully saturated rings. The van der Waals surface area contributed by atoms with Crippen LogP contribution in [-0.2, 0) is 5.54 Å². The molecule has 3 rings (SSSR count). The summed E-state index contributed by atoms with van der Waals surface area (Å²) in [5, 5.41) is 0. The zero-order chi connectivity index (χ0) is 18.4. The molecule has 0 N–H and O–H groups in total. The lowest BCUT2D eigenvalue weighted by molar-refractivity contribution is 0.480. The maximum atomic E-state index is 5.01. The highest BCUT2D eigenvalue weighted by molar-refractivity contribution is 6.01. The van der Waals surface area contributed by atoms with Crippen LogP contribution in [0.25, 0.3) is 11.1 Å². The molecule has 26 heavy (non-hydrogen) atoms. The minimum Gasteiger partial charge on any atom is -0.255 e. The normalized spacial score (nSPS) is 13.8. The lowest BCUT2D eigenvalue weighted by Gasteiger charge is -2.26. The average Bonchev–Trinajstić information content (AvgIpc) is 2.73. The zero-order valence-electron chi connectivity index (χ0n) is 15.4. The monoisotopic (exact) mass is 340 g/mol. The fraction of sp³-hybridized carbons (Fsp3) is 0.167. The Morgan fingerprint density at radius 1 is 0.846 bits per heavy atom. The molecule has 0 aliphatic carbocycles. The van der Waals surface area contributed by atoms with Crippen molar-refractivity contribution >= 4 is 12.6 Å². The molecule has 0 radical (unpaired) electrons. The summed E-state index contributed by atoms with van der Waals surface area (Å²) in [7, 11) is 0. The summed E-state index contributed by atoms with van der Waals surface area (Å²) in [5.74, 6) is 0.681. The molecule has 3 aromatic carbocycles. The van der Waals surface area contributed by atoms with Gasteiger partial charge in [-0.15, -0.1) is 0 Å². The van der Waals surface area contributed by atoms with Crippen molar-refractivity contribution < 1.29 is 0 Å². The summed E-state index contributed by atoms with van der Waals surface area (Å²) in [5.41, 5.74) is 4.21. The lowest BCUT2D eigenvalue weighted by Crippen LogP contribution is -2.20. The van der Waals surface area contributed by atoms with Crippen LogP contribution in [0.4, 0.5) is 0 Å². The minimum absolute atomic E-state index is 0.364. The minimum atomic E-state index is -0.364. The van der Waals surface area contributed by atoms with Gasteiger partial charge in [0, 0.05) is 5.56 Å². The summed E-state index contributed by atoms with van der Waals surface area (Å²) in [4.78, 5) is 9.21. The summed E-state index contributed by atoms with van der Waals surface area (Å²) < 4.78 is 0. The molecule has 3 aromatic rings. The van der Waals surface area contributed by atoms with E-state index in [-0.39, 0.29) is 5.54 Å². The molecule has 0 saturated carbocycles. The summed E-state index contributed by atoms with van der Waals surface area (Å²) >= 11 is 0. The van der Waals surface area contributed by atoms with E-state index in [1.54, 1.807) is 0 Å². The van der Waals surface area contributed by atoms with Crippen LogP contribution < -0.4 is 0 Å². The summed E-state index contributed by atoms with van der Waals surface area (Å²) in [6.45, 7) is 8.05. The van der Waals surface area contributed by atoms with Crippen LogP contribution in [0.2, 0.25) is 0 Å². The molecule has 2 nitrogen and oxygen atoms in total. The van der Waals surface area contributed by atoms with E-state index in [0.717, 1.165) is 12.0 Å². The molecule has 0 amide bonds. The van der Waals surface area contributed by atoms with E-state index in [0.29, 0.717) is 5.84 Å². The fourth-order valence-corrected chi connectivity index (χ4v) is 3.02. The predicted octanol–water partition coefficient (Wildman–Crippen LogP) is 6.13. The second-order valence-electron chi connectivity index (χ2n) is 6.53. The van der Waals surface area contributed by atoms with Crippen LogP contribution >= 0.6 is 0 Å². The molecule has 0 aliphatic heterocycles. The molecule has 130 valence electrons. The van der Waals surface area contributed by atoms with Crippen molar-refractivity contribution in [3.8, 4) is 11.1 Å². The van der Waals surface area contributed by atoms with Crippen molar-refractivity contribution in [2.75, 3.05) is 0 Å². The molecular weight excluding hydrogens is 316 g/mol. The van der Waals surface area contributed by atoms with Gasteiger partial charge in [-0.1, -0.05) is 85.8 Å². The Hall–Kier alpha value is -3.00. The number of aliphatic imine (C=N–C) groups is 2. The summed E-state index contributed by atoms with van der Waals surface area (Å²) in [6, 6.07) is 29.1.